The van der Waals surface area contributed by atoms with Crippen LogP contribution in [-0.4, -0.2) is 20.5 Å². The van der Waals surface area contributed by atoms with Gasteiger partial charge in [-0.25, -0.2) is 0 Å². The van der Waals surface area contributed by atoms with Crippen LogP contribution in [0.3, 0.4) is 0 Å². The summed E-state index contributed by atoms with van der Waals surface area (Å²) >= 11 is 0. The third-order valence-corrected chi connectivity index (χ3v) is 2.88. The van der Waals surface area contributed by atoms with Crippen molar-refractivity contribution in [3.05, 3.63) is 11.6 Å². The van der Waals surface area contributed by atoms with Crippen LogP contribution in [0.4, 0.5) is 0 Å². The first-order chi connectivity index (χ1) is 7.31. The van der Waals surface area contributed by atoms with E-state index in [0.717, 1.165) is 0 Å². The molecule has 0 heterocycles. The Morgan fingerprint density at radius 3 is 2.33 bits per heavy atom. The Morgan fingerprint density at radius 1 is 1.27 bits per heavy atom. The number of ether oxygens (including phenoxy) is 2. The third kappa shape index (κ3) is 3.65. The Labute approximate surface area is 91.7 Å². The molecule has 1 rings (SSSR count). The molecule has 1 fully saturated rings. The van der Waals surface area contributed by atoms with E-state index in [1.165, 1.54) is 32.1 Å². The predicted molar refractivity (Wildman–Crippen MR) is 58.1 cm³/mol. The summed E-state index contributed by atoms with van der Waals surface area (Å²) in [5.74, 6) is 0.529. The minimum absolute atomic E-state index is 0.503. The van der Waals surface area contributed by atoms with Crippen molar-refractivity contribution in [3.63, 3.8) is 0 Å². The average Bonchev–Trinajstić information content (AvgIpc) is 2.30. The minimum Gasteiger partial charge on any atom is -0.351 e. The number of rotatable bonds is 4. The van der Waals surface area contributed by atoms with E-state index in [9.17, 15) is 0 Å². The van der Waals surface area contributed by atoms with Crippen LogP contribution in [0.5, 0.6) is 0 Å². The Morgan fingerprint density at radius 2 is 1.87 bits per heavy atom. The summed E-state index contributed by atoms with van der Waals surface area (Å²) in [6.45, 7) is 0. The highest BCUT2D eigenvalue weighted by Gasteiger charge is 2.16. The monoisotopic (exact) mass is 209 g/mol. The molecular formula is C12H19NO2. The van der Waals surface area contributed by atoms with Crippen molar-refractivity contribution in [2.45, 2.75) is 38.4 Å². The Bertz CT molecular complexity index is 245. The number of allylic oxidation sites excluding steroid dienone is 1. The van der Waals surface area contributed by atoms with Crippen molar-refractivity contribution in [1.29, 1.82) is 5.26 Å². The molecule has 1 aliphatic rings. The van der Waals surface area contributed by atoms with Gasteiger partial charge in [0, 0.05) is 14.2 Å². The molecule has 0 aromatic heterocycles. The van der Waals surface area contributed by atoms with Gasteiger partial charge in [0.25, 0.3) is 0 Å². The zero-order chi connectivity index (χ0) is 11.1. The SMILES string of the molecule is COC(OC)/C(C#N)=C/C1CCCCC1. The first kappa shape index (κ1) is 12.2. The van der Waals surface area contributed by atoms with Crippen LogP contribution < -0.4 is 0 Å². The number of hydrogen-bond donors (Lipinski definition) is 0. The number of hydrogen-bond acceptors (Lipinski definition) is 3. The lowest BCUT2D eigenvalue weighted by Gasteiger charge is -2.20. The molecule has 0 radical (unpaired) electrons. The van der Waals surface area contributed by atoms with Gasteiger partial charge in [-0.15, -0.1) is 0 Å². The topological polar surface area (TPSA) is 42.2 Å². The number of methoxy groups -OCH3 is 2. The van der Waals surface area contributed by atoms with Crippen LogP contribution in [0.15, 0.2) is 11.6 Å². The molecule has 0 atom stereocenters. The second-order valence-electron chi connectivity index (χ2n) is 3.94. The van der Waals surface area contributed by atoms with E-state index in [0.29, 0.717) is 11.5 Å². The first-order valence-electron chi connectivity index (χ1n) is 5.49. The normalized spacial score (nSPS) is 19.2. The van der Waals surface area contributed by atoms with Crippen LogP contribution in [0.25, 0.3) is 0 Å². The summed E-state index contributed by atoms with van der Waals surface area (Å²) in [6.07, 6.45) is 7.75. The van der Waals surface area contributed by atoms with Crippen LogP contribution in [0.2, 0.25) is 0 Å². The van der Waals surface area contributed by atoms with Crippen molar-refractivity contribution < 1.29 is 9.47 Å². The molecule has 0 aliphatic heterocycles. The molecule has 84 valence electrons. The van der Waals surface area contributed by atoms with Gasteiger partial charge >= 0.3 is 0 Å². The second-order valence-corrected chi connectivity index (χ2v) is 3.94. The first-order valence-corrected chi connectivity index (χ1v) is 5.49. The summed E-state index contributed by atoms with van der Waals surface area (Å²) in [4.78, 5) is 0. The van der Waals surface area contributed by atoms with Gasteiger partial charge in [0.1, 0.15) is 0 Å². The molecular weight excluding hydrogens is 190 g/mol. The lowest BCUT2D eigenvalue weighted by molar-refractivity contribution is -0.0723. The number of nitrogens with zero attached hydrogens (tertiary/aromatic N) is 1. The zero-order valence-corrected chi connectivity index (χ0v) is 9.53. The van der Waals surface area contributed by atoms with E-state index < -0.39 is 6.29 Å². The molecule has 1 saturated carbocycles. The zero-order valence-electron chi connectivity index (χ0n) is 9.53. The molecule has 0 unspecified atom stereocenters. The largest absolute Gasteiger partial charge is 0.351 e. The van der Waals surface area contributed by atoms with Gasteiger partial charge in [-0.05, 0) is 18.8 Å². The molecule has 0 amide bonds. The van der Waals surface area contributed by atoms with Gasteiger partial charge in [0.2, 0.25) is 0 Å². The molecule has 1 aliphatic carbocycles. The Kier molecular flexibility index (Phi) is 5.38. The van der Waals surface area contributed by atoms with E-state index in [-0.39, 0.29) is 0 Å². The summed E-state index contributed by atoms with van der Waals surface area (Å²) in [5, 5.41) is 9.01. The maximum atomic E-state index is 9.01. The van der Waals surface area contributed by atoms with E-state index >= 15 is 0 Å². The highest BCUT2D eigenvalue weighted by molar-refractivity contribution is 5.24. The molecule has 0 bridgehead atoms. The van der Waals surface area contributed by atoms with Gasteiger partial charge in [-0.2, -0.15) is 5.26 Å². The van der Waals surface area contributed by atoms with Crippen molar-refractivity contribution >= 4 is 0 Å². The maximum Gasteiger partial charge on any atom is 0.192 e. The fourth-order valence-corrected chi connectivity index (χ4v) is 2.07. The molecule has 3 heteroatoms. The average molecular weight is 209 g/mol. The van der Waals surface area contributed by atoms with E-state index in [1.807, 2.05) is 6.08 Å². The standard InChI is InChI=1S/C12H19NO2/c1-14-12(15-2)11(9-13)8-10-6-4-3-5-7-10/h8,10,12H,3-7H2,1-2H3/b11-8+. The lowest BCUT2D eigenvalue weighted by Crippen LogP contribution is -2.17. The van der Waals surface area contributed by atoms with Gasteiger partial charge in [0.05, 0.1) is 11.6 Å². The molecule has 0 N–H and O–H groups in total. The summed E-state index contributed by atoms with van der Waals surface area (Å²) < 4.78 is 10.2. The van der Waals surface area contributed by atoms with Crippen LogP contribution in [0.1, 0.15) is 32.1 Å². The number of nitriles is 1. The fourth-order valence-electron chi connectivity index (χ4n) is 2.07. The minimum atomic E-state index is -0.503. The van der Waals surface area contributed by atoms with Crippen LogP contribution in [-0.2, 0) is 9.47 Å². The predicted octanol–water partition coefficient (Wildman–Crippen LogP) is 2.64. The van der Waals surface area contributed by atoms with Crippen molar-refractivity contribution in [3.8, 4) is 6.07 Å². The highest BCUT2D eigenvalue weighted by atomic mass is 16.7. The lowest BCUT2D eigenvalue weighted by atomic mass is 9.88. The third-order valence-electron chi connectivity index (χ3n) is 2.88. The Balaban J connectivity index is 2.63. The van der Waals surface area contributed by atoms with Crippen molar-refractivity contribution in [2.75, 3.05) is 14.2 Å². The summed E-state index contributed by atoms with van der Waals surface area (Å²) in [7, 11) is 3.11. The van der Waals surface area contributed by atoms with Crippen molar-refractivity contribution in [1.82, 2.24) is 0 Å². The fraction of sp³-hybridized carbons (Fsp3) is 0.750. The molecule has 0 saturated heterocycles. The second kappa shape index (κ2) is 6.60. The van der Waals surface area contributed by atoms with Gasteiger partial charge in [-0.1, -0.05) is 25.3 Å². The molecule has 0 spiro atoms. The van der Waals surface area contributed by atoms with Crippen molar-refractivity contribution in [2.24, 2.45) is 5.92 Å². The quantitative estimate of drug-likeness (QED) is 0.528. The molecule has 0 aromatic rings. The van der Waals surface area contributed by atoms with Gasteiger partial charge in [-0.3, -0.25) is 0 Å². The Hall–Kier alpha value is -0.850. The molecule has 3 nitrogen and oxygen atoms in total. The van der Waals surface area contributed by atoms with Crippen LogP contribution in [0, 0.1) is 17.2 Å². The summed E-state index contributed by atoms with van der Waals surface area (Å²) in [6, 6.07) is 2.16. The maximum absolute atomic E-state index is 9.01. The van der Waals surface area contributed by atoms with E-state index in [1.54, 1.807) is 14.2 Å². The summed E-state index contributed by atoms with van der Waals surface area (Å²) in [5.41, 5.74) is 0.604. The van der Waals surface area contributed by atoms with Crippen LogP contribution >= 0.6 is 0 Å². The smallest absolute Gasteiger partial charge is 0.192 e. The highest BCUT2D eigenvalue weighted by Crippen LogP contribution is 2.26. The van der Waals surface area contributed by atoms with Gasteiger partial charge in [0.15, 0.2) is 6.29 Å². The van der Waals surface area contributed by atoms with Gasteiger partial charge < -0.3 is 9.47 Å². The van der Waals surface area contributed by atoms with E-state index in [4.69, 9.17) is 14.7 Å². The van der Waals surface area contributed by atoms with E-state index in [2.05, 4.69) is 6.07 Å². The molecule has 15 heavy (non-hydrogen) atoms. The molecule has 0 aromatic carbocycles.